The van der Waals surface area contributed by atoms with Crippen molar-refractivity contribution in [3.63, 3.8) is 0 Å². The van der Waals surface area contributed by atoms with Crippen molar-refractivity contribution >= 4 is 23.3 Å². The number of halogens is 3. The summed E-state index contributed by atoms with van der Waals surface area (Å²) in [6.07, 6.45) is 1.08. The largest absolute Gasteiger partial charge is 0.339 e. The number of carbonyl (C=O) groups is 2. The van der Waals surface area contributed by atoms with Crippen LogP contribution in [-0.4, -0.2) is 29.7 Å². The molecular formula is C19H16ClF2NO2. The normalized spacial score (nSPS) is 15.2. The number of rotatable bonds is 3. The smallest absolute Gasteiger partial charge is 0.253 e. The van der Waals surface area contributed by atoms with Crippen molar-refractivity contribution in [1.29, 1.82) is 0 Å². The summed E-state index contributed by atoms with van der Waals surface area (Å²) >= 11 is 5.72. The summed E-state index contributed by atoms with van der Waals surface area (Å²) in [5, 5.41) is -0.0905. The summed E-state index contributed by atoms with van der Waals surface area (Å²) < 4.78 is 26.2. The van der Waals surface area contributed by atoms with E-state index in [0.29, 0.717) is 37.1 Å². The third-order valence-electron chi connectivity index (χ3n) is 4.45. The summed E-state index contributed by atoms with van der Waals surface area (Å²) in [5.41, 5.74) is 0.811. The monoisotopic (exact) mass is 363 g/mol. The predicted molar refractivity (Wildman–Crippen MR) is 90.8 cm³/mol. The molecule has 3 nitrogen and oxygen atoms in total. The number of nitrogens with zero attached hydrogens (tertiary/aromatic N) is 1. The lowest BCUT2D eigenvalue weighted by Gasteiger charge is -2.31. The fourth-order valence-corrected chi connectivity index (χ4v) is 3.19. The molecule has 130 valence electrons. The Morgan fingerprint density at radius 3 is 2.16 bits per heavy atom. The number of amides is 1. The third kappa shape index (κ3) is 3.87. The number of hydrogen-bond donors (Lipinski definition) is 0. The second-order valence-corrected chi connectivity index (χ2v) is 6.47. The van der Waals surface area contributed by atoms with E-state index in [1.54, 1.807) is 4.90 Å². The highest BCUT2D eigenvalue weighted by molar-refractivity contribution is 6.31. The Kier molecular flexibility index (Phi) is 5.13. The highest BCUT2D eigenvalue weighted by Crippen LogP contribution is 2.24. The molecule has 1 fully saturated rings. The van der Waals surface area contributed by atoms with E-state index in [2.05, 4.69) is 0 Å². The molecule has 1 saturated heterocycles. The van der Waals surface area contributed by atoms with Gasteiger partial charge in [-0.2, -0.15) is 0 Å². The number of carbonyl (C=O) groups excluding carboxylic acids is 2. The molecular weight excluding hydrogens is 348 g/mol. The molecule has 0 unspecified atom stereocenters. The molecule has 2 aromatic rings. The molecule has 0 N–H and O–H groups in total. The van der Waals surface area contributed by atoms with Crippen molar-refractivity contribution in [2.45, 2.75) is 12.8 Å². The fourth-order valence-electron chi connectivity index (χ4n) is 3.01. The minimum absolute atomic E-state index is 0.0306. The van der Waals surface area contributed by atoms with Gasteiger partial charge in [0.05, 0.1) is 5.02 Å². The van der Waals surface area contributed by atoms with Crippen molar-refractivity contribution in [3.8, 4) is 0 Å². The summed E-state index contributed by atoms with van der Waals surface area (Å²) in [5.74, 6) is -1.39. The van der Waals surface area contributed by atoms with E-state index >= 15 is 0 Å². The first-order valence-electron chi connectivity index (χ1n) is 8.00. The lowest BCUT2D eigenvalue weighted by molar-refractivity contribution is 0.0650. The van der Waals surface area contributed by atoms with E-state index in [0.717, 1.165) is 0 Å². The van der Waals surface area contributed by atoms with Gasteiger partial charge in [0.15, 0.2) is 5.78 Å². The predicted octanol–water partition coefficient (Wildman–Crippen LogP) is 4.35. The van der Waals surface area contributed by atoms with E-state index < -0.39 is 5.82 Å². The summed E-state index contributed by atoms with van der Waals surface area (Å²) in [4.78, 5) is 26.6. The van der Waals surface area contributed by atoms with Gasteiger partial charge in [-0.05, 0) is 55.3 Å². The zero-order valence-electron chi connectivity index (χ0n) is 13.3. The van der Waals surface area contributed by atoms with Gasteiger partial charge in [0.25, 0.3) is 5.91 Å². The minimum atomic E-state index is -0.568. The quantitative estimate of drug-likeness (QED) is 0.760. The lowest BCUT2D eigenvalue weighted by Crippen LogP contribution is -2.40. The molecule has 0 spiro atoms. The molecule has 25 heavy (non-hydrogen) atoms. The molecule has 0 aromatic heterocycles. The topological polar surface area (TPSA) is 37.4 Å². The molecule has 0 radical (unpaired) electrons. The highest BCUT2D eigenvalue weighted by atomic mass is 35.5. The van der Waals surface area contributed by atoms with Crippen LogP contribution in [0.25, 0.3) is 0 Å². The summed E-state index contributed by atoms with van der Waals surface area (Å²) in [7, 11) is 0. The van der Waals surface area contributed by atoms with Crippen LogP contribution >= 0.6 is 11.6 Å². The minimum Gasteiger partial charge on any atom is -0.339 e. The van der Waals surface area contributed by atoms with Crippen molar-refractivity contribution in [3.05, 3.63) is 70.2 Å². The summed E-state index contributed by atoms with van der Waals surface area (Å²) in [6.45, 7) is 0.872. The first kappa shape index (κ1) is 17.5. The molecule has 1 amide bonds. The van der Waals surface area contributed by atoms with Crippen molar-refractivity contribution < 1.29 is 18.4 Å². The van der Waals surface area contributed by atoms with Gasteiger partial charge in [0, 0.05) is 30.1 Å². The van der Waals surface area contributed by atoms with Crippen LogP contribution in [-0.2, 0) is 0 Å². The molecule has 2 aromatic carbocycles. The Bertz CT molecular complexity index is 800. The van der Waals surface area contributed by atoms with Gasteiger partial charge < -0.3 is 4.90 Å². The highest BCUT2D eigenvalue weighted by Gasteiger charge is 2.28. The van der Waals surface area contributed by atoms with Gasteiger partial charge >= 0.3 is 0 Å². The van der Waals surface area contributed by atoms with Gasteiger partial charge in [0.1, 0.15) is 11.6 Å². The second-order valence-electron chi connectivity index (χ2n) is 6.07. The van der Waals surface area contributed by atoms with Crippen LogP contribution in [0.3, 0.4) is 0 Å². The van der Waals surface area contributed by atoms with Crippen molar-refractivity contribution in [1.82, 2.24) is 4.90 Å². The Labute approximate surface area is 149 Å². The molecule has 0 aliphatic carbocycles. The maximum Gasteiger partial charge on any atom is 0.253 e. The third-order valence-corrected chi connectivity index (χ3v) is 4.74. The van der Waals surface area contributed by atoms with Gasteiger partial charge in [-0.3, -0.25) is 9.59 Å². The van der Waals surface area contributed by atoms with E-state index in [1.165, 1.54) is 42.5 Å². The van der Waals surface area contributed by atoms with Gasteiger partial charge in [-0.15, -0.1) is 0 Å². The van der Waals surface area contributed by atoms with E-state index in [-0.39, 0.29) is 28.4 Å². The maximum atomic E-state index is 13.2. The van der Waals surface area contributed by atoms with Gasteiger partial charge in [0.2, 0.25) is 0 Å². The van der Waals surface area contributed by atoms with E-state index in [4.69, 9.17) is 11.6 Å². The Balaban J connectivity index is 1.63. The molecule has 0 atom stereocenters. The Hall–Kier alpha value is -2.27. The van der Waals surface area contributed by atoms with Crippen molar-refractivity contribution in [2.75, 3.05) is 13.1 Å². The second kappa shape index (κ2) is 7.31. The number of Topliss-reactive ketones (excluding diaryl/α,β-unsaturated/α-hetero) is 1. The SMILES string of the molecule is O=C(c1ccc(F)cc1)C1CCN(C(=O)c2ccc(F)c(Cl)c2)CC1. The summed E-state index contributed by atoms with van der Waals surface area (Å²) in [6, 6.07) is 9.38. The zero-order valence-corrected chi connectivity index (χ0v) is 14.1. The van der Waals surface area contributed by atoms with Crippen LogP contribution in [0.1, 0.15) is 33.6 Å². The number of ketones is 1. The Morgan fingerprint density at radius 2 is 1.56 bits per heavy atom. The van der Waals surface area contributed by atoms with Gasteiger partial charge in [-0.1, -0.05) is 11.6 Å². The van der Waals surface area contributed by atoms with Crippen molar-refractivity contribution in [2.24, 2.45) is 5.92 Å². The van der Waals surface area contributed by atoms with E-state index in [9.17, 15) is 18.4 Å². The Morgan fingerprint density at radius 1 is 0.960 bits per heavy atom. The molecule has 1 aliphatic rings. The van der Waals surface area contributed by atoms with Crippen LogP contribution in [0.15, 0.2) is 42.5 Å². The standard InChI is InChI=1S/C19H16ClF2NO2/c20-16-11-14(3-6-17(16)22)19(25)23-9-7-13(8-10-23)18(24)12-1-4-15(21)5-2-12/h1-6,11,13H,7-10H2. The number of piperidine rings is 1. The van der Waals surface area contributed by atoms with Crippen LogP contribution < -0.4 is 0 Å². The zero-order chi connectivity index (χ0) is 18.0. The van der Waals surface area contributed by atoms with Crippen LogP contribution in [0.2, 0.25) is 5.02 Å². The van der Waals surface area contributed by atoms with E-state index in [1.807, 2.05) is 0 Å². The lowest BCUT2D eigenvalue weighted by atomic mass is 9.88. The number of likely N-dealkylation sites (tertiary alicyclic amines) is 1. The molecule has 6 heteroatoms. The molecule has 0 saturated carbocycles. The van der Waals surface area contributed by atoms with Crippen LogP contribution in [0, 0.1) is 17.6 Å². The molecule has 0 bridgehead atoms. The average Bonchev–Trinajstić information content (AvgIpc) is 2.63. The van der Waals surface area contributed by atoms with Gasteiger partial charge in [-0.25, -0.2) is 8.78 Å². The average molecular weight is 364 g/mol. The molecule has 1 heterocycles. The first-order valence-corrected chi connectivity index (χ1v) is 8.37. The van der Waals surface area contributed by atoms with Crippen LogP contribution in [0.5, 0.6) is 0 Å². The fraction of sp³-hybridized carbons (Fsp3) is 0.263. The number of benzene rings is 2. The molecule has 1 aliphatic heterocycles. The first-order chi connectivity index (χ1) is 12.0. The van der Waals surface area contributed by atoms with Crippen LogP contribution in [0.4, 0.5) is 8.78 Å². The number of hydrogen-bond acceptors (Lipinski definition) is 2. The maximum absolute atomic E-state index is 13.2. The molecule has 3 rings (SSSR count).